The summed E-state index contributed by atoms with van der Waals surface area (Å²) in [5, 5.41) is 0. The number of hydrogen-bond donors (Lipinski definition) is 0. The van der Waals surface area contributed by atoms with Crippen LogP contribution in [0.4, 0.5) is 0 Å². The summed E-state index contributed by atoms with van der Waals surface area (Å²) >= 11 is 3.43. The lowest BCUT2D eigenvalue weighted by molar-refractivity contribution is 0.667. The van der Waals surface area contributed by atoms with Crippen molar-refractivity contribution in [1.82, 2.24) is 0 Å². The number of unbranched alkanes of at least 4 members (excludes halogenated alkanes) is 3. The van der Waals surface area contributed by atoms with Gasteiger partial charge in [-0.3, -0.25) is 0 Å². The van der Waals surface area contributed by atoms with E-state index in [1.165, 1.54) is 37.7 Å². The molecule has 1 heteroatoms. The average molecular weight is 240 g/mol. The molecule has 0 fully saturated rings. The maximum Gasteiger partial charge on any atom is 0.0256 e. The minimum Gasteiger partial charge on any atom is -0.0654 e. The molecule has 0 N–H and O–H groups in total. The lowest BCUT2D eigenvalue weighted by Crippen LogP contribution is -1.85. The van der Waals surface area contributed by atoms with Crippen molar-refractivity contribution in [2.24, 2.45) is 0 Å². The number of halogens is 1. The molecule has 71 valence electrons. The van der Waals surface area contributed by atoms with Gasteiger partial charge in [0.2, 0.25) is 0 Å². The molecule has 0 amide bonds. The van der Waals surface area contributed by atoms with Crippen molar-refractivity contribution in [2.75, 3.05) is 0 Å². The van der Waals surface area contributed by atoms with Crippen LogP contribution in [0.25, 0.3) is 0 Å². The average Bonchev–Trinajstić information content (AvgIpc) is 2.13. The van der Waals surface area contributed by atoms with E-state index in [0.717, 1.165) is 4.47 Å². The van der Waals surface area contributed by atoms with Crippen molar-refractivity contribution in [1.29, 1.82) is 0 Å². The number of hydrogen-bond acceptors (Lipinski definition) is 0. The molecule has 1 aromatic carbocycles. The van der Waals surface area contributed by atoms with Gasteiger partial charge in [-0.05, 0) is 30.5 Å². The Morgan fingerprint density at radius 1 is 1.31 bits per heavy atom. The first kappa shape index (κ1) is 10.8. The molecule has 0 unspecified atom stereocenters. The highest BCUT2D eigenvalue weighted by atomic mass is 79.9. The second-order valence-electron chi connectivity index (χ2n) is 3.36. The van der Waals surface area contributed by atoms with Gasteiger partial charge in [0, 0.05) is 4.47 Å². The van der Waals surface area contributed by atoms with Crippen LogP contribution in [-0.2, 0) is 6.42 Å². The maximum absolute atomic E-state index is 3.43. The van der Waals surface area contributed by atoms with Gasteiger partial charge in [0.05, 0.1) is 0 Å². The molecule has 0 aliphatic rings. The third kappa shape index (κ3) is 4.47. The molecule has 1 aromatic rings. The predicted molar refractivity (Wildman–Crippen MR) is 60.8 cm³/mol. The monoisotopic (exact) mass is 239 g/mol. The summed E-state index contributed by atoms with van der Waals surface area (Å²) in [6.45, 7) is 2.24. The zero-order valence-electron chi connectivity index (χ0n) is 8.15. The lowest BCUT2D eigenvalue weighted by Gasteiger charge is -2.00. The molecule has 0 heterocycles. The number of benzene rings is 1. The fraction of sp³-hybridized carbons (Fsp3) is 0.500. The van der Waals surface area contributed by atoms with Crippen LogP contribution in [0, 0.1) is 6.07 Å². The number of rotatable bonds is 5. The minimum absolute atomic E-state index is 1.07. The molecule has 0 aliphatic heterocycles. The first-order valence-electron chi connectivity index (χ1n) is 4.99. The van der Waals surface area contributed by atoms with Gasteiger partial charge in [-0.15, -0.1) is 0 Å². The Hall–Kier alpha value is -0.300. The molecule has 0 spiro atoms. The van der Waals surface area contributed by atoms with E-state index in [9.17, 15) is 0 Å². The van der Waals surface area contributed by atoms with E-state index in [1.54, 1.807) is 0 Å². The van der Waals surface area contributed by atoms with E-state index in [2.05, 4.69) is 41.1 Å². The van der Waals surface area contributed by atoms with Crippen molar-refractivity contribution in [3.8, 4) is 0 Å². The van der Waals surface area contributed by atoms with Crippen LogP contribution >= 0.6 is 15.9 Å². The Morgan fingerprint density at radius 3 is 2.85 bits per heavy atom. The summed E-state index contributed by atoms with van der Waals surface area (Å²) in [5.41, 5.74) is 1.42. The van der Waals surface area contributed by atoms with E-state index in [1.807, 2.05) is 6.07 Å². The van der Waals surface area contributed by atoms with E-state index >= 15 is 0 Å². The molecular formula is C12H16Br. The summed E-state index contributed by atoms with van der Waals surface area (Å²) in [6, 6.07) is 9.38. The van der Waals surface area contributed by atoms with Gasteiger partial charge < -0.3 is 0 Å². The molecule has 0 saturated heterocycles. The van der Waals surface area contributed by atoms with E-state index in [0.29, 0.717) is 0 Å². The third-order valence-corrected chi connectivity index (χ3v) is 2.61. The molecular weight excluding hydrogens is 224 g/mol. The first-order chi connectivity index (χ1) is 6.33. The fourth-order valence-corrected chi connectivity index (χ4v) is 1.82. The highest BCUT2D eigenvalue weighted by molar-refractivity contribution is 9.10. The van der Waals surface area contributed by atoms with Crippen molar-refractivity contribution < 1.29 is 0 Å². The molecule has 0 saturated carbocycles. The fourth-order valence-electron chi connectivity index (χ4n) is 1.39. The summed E-state index contributed by atoms with van der Waals surface area (Å²) in [6.07, 6.45) is 6.54. The van der Waals surface area contributed by atoms with Crippen molar-refractivity contribution >= 4 is 15.9 Å². The normalized spacial score (nSPS) is 10.3. The zero-order chi connectivity index (χ0) is 9.52. The molecule has 0 bridgehead atoms. The van der Waals surface area contributed by atoms with Gasteiger partial charge in [0.1, 0.15) is 0 Å². The third-order valence-electron chi connectivity index (χ3n) is 2.15. The Bertz CT molecular complexity index is 243. The predicted octanol–water partition coefficient (Wildman–Crippen LogP) is 4.37. The van der Waals surface area contributed by atoms with Gasteiger partial charge >= 0.3 is 0 Å². The number of aryl methyl sites for hydroxylation is 1. The highest BCUT2D eigenvalue weighted by Gasteiger charge is 1.94. The minimum atomic E-state index is 1.07. The van der Waals surface area contributed by atoms with Gasteiger partial charge in [-0.25, -0.2) is 0 Å². The summed E-state index contributed by atoms with van der Waals surface area (Å²) in [5.74, 6) is 0. The van der Waals surface area contributed by atoms with E-state index < -0.39 is 0 Å². The van der Waals surface area contributed by atoms with Crippen molar-refractivity contribution in [3.63, 3.8) is 0 Å². The van der Waals surface area contributed by atoms with Crippen LogP contribution < -0.4 is 0 Å². The molecule has 0 aliphatic carbocycles. The lowest BCUT2D eigenvalue weighted by atomic mass is 10.1. The van der Waals surface area contributed by atoms with Gasteiger partial charge in [-0.2, -0.15) is 0 Å². The van der Waals surface area contributed by atoms with Crippen LogP contribution in [-0.4, -0.2) is 0 Å². The van der Waals surface area contributed by atoms with Crippen LogP contribution in [0.3, 0.4) is 0 Å². The Kier molecular flexibility index (Phi) is 5.14. The maximum atomic E-state index is 3.43. The molecule has 0 nitrogen and oxygen atoms in total. The van der Waals surface area contributed by atoms with Crippen LogP contribution in [0.2, 0.25) is 0 Å². The SMILES string of the molecule is CCCCCCc1cc[c]c(Br)c1. The highest BCUT2D eigenvalue weighted by Crippen LogP contribution is 2.13. The molecule has 1 radical (unpaired) electrons. The zero-order valence-corrected chi connectivity index (χ0v) is 9.73. The summed E-state index contributed by atoms with van der Waals surface area (Å²) < 4.78 is 1.07. The van der Waals surface area contributed by atoms with Crippen molar-refractivity contribution in [2.45, 2.75) is 39.0 Å². The quantitative estimate of drug-likeness (QED) is 0.670. The molecule has 0 aromatic heterocycles. The Balaban J connectivity index is 2.28. The smallest absolute Gasteiger partial charge is 0.0256 e. The standard InChI is InChI=1S/C12H16Br/c1-2-3-4-5-7-11-8-6-9-12(13)10-11/h6,8,10H,2-5,7H2,1H3. The first-order valence-corrected chi connectivity index (χ1v) is 5.78. The second kappa shape index (κ2) is 6.20. The summed E-state index contributed by atoms with van der Waals surface area (Å²) in [4.78, 5) is 0. The van der Waals surface area contributed by atoms with Crippen LogP contribution in [0.1, 0.15) is 38.2 Å². The molecule has 13 heavy (non-hydrogen) atoms. The largest absolute Gasteiger partial charge is 0.0654 e. The summed E-state index contributed by atoms with van der Waals surface area (Å²) in [7, 11) is 0. The van der Waals surface area contributed by atoms with Gasteiger partial charge in [-0.1, -0.05) is 54.2 Å². The topological polar surface area (TPSA) is 0 Å². The van der Waals surface area contributed by atoms with Gasteiger partial charge in [0.15, 0.2) is 0 Å². The second-order valence-corrected chi connectivity index (χ2v) is 4.21. The van der Waals surface area contributed by atoms with E-state index in [-0.39, 0.29) is 0 Å². The van der Waals surface area contributed by atoms with Crippen molar-refractivity contribution in [3.05, 3.63) is 34.3 Å². The Morgan fingerprint density at radius 2 is 2.15 bits per heavy atom. The van der Waals surface area contributed by atoms with E-state index in [4.69, 9.17) is 0 Å². The van der Waals surface area contributed by atoms with Crippen LogP contribution in [0.15, 0.2) is 22.7 Å². The molecule has 1 rings (SSSR count). The van der Waals surface area contributed by atoms with Crippen LogP contribution in [0.5, 0.6) is 0 Å². The van der Waals surface area contributed by atoms with Gasteiger partial charge in [0.25, 0.3) is 0 Å². The molecule has 0 atom stereocenters. The Labute approximate surface area is 89.5 Å².